The topological polar surface area (TPSA) is 49.3 Å². The van der Waals surface area contributed by atoms with Crippen molar-refractivity contribution in [1.29, 1.82) is 0 Å². The molecule has 6 heteroatoms. The number of thiazole rings is 1. The van der Waals surface area contributed by atoms with Crippen molar-refractivity contribution in [3.05, 3.63) is 70.4 Å². The number of piperazine rings is 1. The highest BCUT2D eigenvalue weighted by atomic mass is 32.1. The first-order chi connectivity index (χ1) is 13.6. The number of aryl methyl sites for hydroxylation is 2. The van der Waals surface area contributed by atoms with Crippen LogP contribution in [-0.2, 0) is 6.54 Å². The molecule has 0 bridgehead atoms. The second-order valence-corrected chi connectivity index (χ2v) is 8.14. The first-order valence-electron chi connectivity index (χ1n) is 9.57. The van der Waals surface area contributed by atoms with Crippen LogP contribution in [0.15, 0.2) is 48.7 Å². The van der Waals surface area contributed by atoms with Crippen LogP contribution in [0.5, 0.6) is 0 Å². The fraction of sp³-hybridized carbons (Fsp3) is 0.318. The Kier molecular flexibility index (Phi) is 5.50. The van der Waals surface area contributed by atoms with Crippen LogP contribution in [-0.4, -0.2) is 51.9 Å². The average Bonchev–Trinajstić information content (AvgIpc) is 3.12. The van der Waals surface area contributed by atoms with Crippen molar-refractivity contribution < 1.29 is 4.79 Å². The van der Waals surface area contributed by atoms with E-state index < -0.39 is 0 Å². The van der Waals surface area contributed by atoms with E-state index in [9.17, 15) is 4.79 Å². The summed E-state index contributed by atoms with van der Waals surface area (Å²) in [5.41, 5.74) is 4.29. The van der Waals surface area contributed by atoms with Crippen LogP contribution in [0.25, 0.3) is 10.7 Å². The van der Waals surface area contributed by atoms with Crippen LogP contribution >= 0.6 is 11.3 Å². The van der Waals surface area contributed by atoms with E-state index in [0.29, 0.717) is 0 Å². The van der Waals surface area contributed by atoms with Gasteiger partial charge in [0.2, 0.25) is 0 Å². The summed E-state index contributed by atoms with van der Waals surface area (Å²) in [6.07, 6.45) is 1.75. The van der Waals surface area contributed by atoms with Gasteiger partial charge in [-0.1, -0.05) is 30.3 Å². The van der Waals surface area contributed by atoms with Gasteiger partial charge >= 0.3 is 0 Å². The third-order valence-electron chi connectivity index (χ3n) is 5.19. The summed E-state index contributed by atoms with van der Waals surface area (Å²) < 4.78 is 0. The molecule has 2 aromatic heterocycles. The minimum atomic E-state index is 0.0905. The summed E-state index contributed by atoms with van der Waals surface area (Å²) in [4.78, 5) is 27.1. The van der Waals surface area contributed by atoms with Crippen molar-refractivity contribution in [2.24, 2.45) is 0 Å². The zero-order valence-electron chi connectivity index (χ0n) is 16.3. The zero-order chi connectivity index (χ0) is 19.5. The second-order valence-electron chi connectivity index (χ2n) is 7.14. The molecule has 5 nitrogen and oxygen atoms in total. The molecule has 4 rings (SSSR count). The Balaban J connectivity index is 1.40. The lowest BCUT2D eigenvalue weighted by Crippen LogP contribution is -2.48. The van der Waals surface area contributed by atoms with Gasteiger partial charge in [-0.2, -0.15) is 0 Å². The number of hydrogen-bond donors (Lipinski definition) is 0. The first kappa shape index (κ1) is 18.8. The second kappa shape index (κ2) is 8.20. The molecule has 144 valence electrons. The molecule has 0 N–H and O–H groups in total. The van der Waals surface area contributed by atoms with E-state index in [1.165, 1.54) is 22.5 Å². The van der Waals surface area contributed by atoms with Gasteiger partial charge in [-0.15, -0.1) is 11.3 Å². The number of pyridine rings is 1. The molecule has 1 aliphatic rings. The maximum atomic E-state index is 13.0. The molecular formula is C22H24N4OS. The summed E-state index contributed by atoms with van der Waals surface area (Å²) >= 11 is 1.44. The maximum absolute atomic E-state index is 13.0. The van der Waals surface area contributed by atoms with Crippen LogP contribution in [0.3, 0.4) is 0 Å². The Morgan fingerprint density at radius 1 is 1.04 bits per heavy atom. The first-order valence-corrected chi connectivity index (χ1v) is 10.4. The van der Waals surface area contributed by atoms with E-state index in [1.807, 2.05) is 30.0 Å². The monoisotopic (exact) mass is 392 g/mol. The van der Waals surface area contributed by atoms with E-state index in [2.05, 4.69) is 46.1 Å². The molecule has 0 radical (unpaired) electrons. The number of benzene rings is 1. The molecule has 3 aromatic rings. The van der Waals surface area contributed by atoms with Crippen molar-refractivity contribution in [3.63, 3.8) is 0 Å². The summed E-state index contributed by atoms with van der Waals surface area (Å²) in [6.45, 7) is 8.29. The lowest BCUT2D eigenvalue weighted by molar-refractivity contribution is 0.0632. The smallest absolute Gasteiger partial charge is 0.265 e. The molecule has 1 fully saturated rings. The minimum absolute atomic E-state index is 0.0905. The van der Waals surface area contributed by atoms with Gasteiger partial charge in [0.1, 0.15) is 9.88 Å². The molecule has 1 aliphatic heterocycles. The van der Waals surface area contributed by atoms with Gasteiger partial charge in [-0.05, 0) is 37.1 Å². The van der Waals surface area contributed by atoms with Gasteiger partial charge in [-0.25, -0.2) is 4.98 Å². The molecule has 0 unspecified atom stereocenters. The SMILES string of the molecule is Cc1ccccc1CN1CCN(C(=O)c2sc(-c3ccccn3)nc2C)CC1. The average molecular weight is 393 g/mol. The van der Waals surface area contributed by atoms with Crippen molar-refractivity contribution in [3.8, 4) is 10.7 Å². The normalized spacial score (nSPS) is 15.0. The van der Waals surface area contributed by atoms with Crippen LogP contribution in [0.4, 0.5) is 0 Å². The van der Waals surface area contributed by atoms with Gasteiger partial charge in [0, 0.05) is 38.9 Å². The van der Waals surface area contributed by atoms with E-state index >= 15 is 0 Å². The molecule has 1 amide bonds. The Bertz CT molecular complexity index is 962. The number of nitrogens with zero attached hydrogens (tertiary/aromatic N) is 4. The standard InChI is InChI=1S/C22H24N4OS/c1-16-7-3-4-8-18(16)15-25-11-13-26(14-12-25)22(27)20-17(2)24-21(28-20)19-9-5-6-10-23-19/h3-10H,11-15H2,1-2H3. The molecule has 0 saturated carbocycles. The molecule has 3 heterocycles. The highest BCUT2D eigenvalue weighted by Gasteiger charge is 2.26. The molecular weight excluding hydrogens is 368 g/mol. The van der Waals surface area contributed by atoms with E-state index in [0.717, 1.165) is 54.0 Å². The minimum Gasteiger partial charge on any atom is -0.335 e. The number of carbonyl (C=O) groups is 1. The third-order valence-corrected chi connectivity index (χ3v) is 6.36. The number of amides is 1. The molecule has 0 atom stereocenters. The fourth-order valence-corrected chi connectivity index (χ4v) is 4.49. The Hall–Kier alpha value is -2.57. The molecule has 0 spiro atoms. The fourth-order valence-electron chi connectivity index (χ4n) is 3.47. The summed E-state index contributed by atoms with van der Waals surface area (Å²) in [5.74, 6) is 0.0905. The van der Waals surface area contributed by atoms with Crippen LogP contribution < -0.4 is 0 Å². The predicted molar refractivity (Wildman–Crippen MR) is 112 cm³/mol. The van der Waals surface area contributed by atoms with E-state index in [1.54, 1.807) is 6.20 Å². The van der Waals surface area contributed by atoms with Crippen LogP contribution in [0, 0.1) is 13.8 Å². The van der Waals surface area contributed by atoms with Crippen molar-refractivity contribution in [2.45, 2.75) is 20.4 Å². The quantitative estimate of drug-likeness (QED) is 0.678. The molecule has 1 aromatic carbocycles. The highest BCUT2D eigenvalue weighted by Crippen LogP contribution is 2.27. The van der Waals surface area contributed by atoms with Crippen LogP contribution in [0.1, 0.15) is 26.5 Å². The zero-order valence-corrected chi connectivity index (χ0v) is 17.1. The molecule has 1 saturated heterocycles. The van der Waals surface area contributed by atoms with Crippen molar-refractivity contribution >= 4 is 17.2 Å². The number of rotatable bonds is 4. The number of aromatic nitrogens is 2. The van der Waals surface area contributed by atoms with Gasteiger partial charge in [0.05, 0.1) is 11.4 Å². The lowest BCUT2D eigenvalue weighted by Gasteiger charge is -2.34. The maximum Gasteiger partial charge on any atom is 0.265 e. The summed E-state index contributed by atoms with van der Waals surface area (Å²) in [6, 6.07) is 14.3. The molecule has 28 heavy (non-hydrogen) atoms. The van der Waals surface area contributed by atoms with Gasteiger partial charge in [-0.3, -0.25) is 14.7 Å². The Morgan fingerprint density at radius 2 is 1.79 bits per heavy atom. The van der Waals surface area contributed by atoms with Gasteiger partial charge in [0.15, 0.2) is 0 Å². The van der Waals surface area contributed by atoms with Gasteiger partial charge in [0.25, 0.3) is 5.91 Å². The van der Waals surface area contributed by atoms with Crippen molar-refractivity contribution in [2.75, 3.05) is 26.2 Å². The van der Waals surface area contributed by atoms with Crippen molar-refractivity contribution in [1.82, 2.24) is 19.8 Å². The Labute approximate surface area is 169 Å². The van der Waals surface area contributed by atoms with Gasteiger partial charge < -0.3 is 4.90 Å². The third kappa shape index (κ3) is 3.98. The number of carbonyl (C=O) groups excluding carboxylic acids is 1. The van der Waals surface area contributed by atoms with E-state index in [4.69, 9.17) is 0 Å². The summed E-state index contributed by atoms with van der Waals surface area (Å²) in [5, 5.41) is 0.805. The largest absolute Gasteiger partial charge is 0.335 e. The Morgan fingerprint density at radius 3 is 2.50 bits per heavy atom. The van der Waals surface area contributed by atoms with Crippen LogP contribution in [0.2, 0.25) is 0 Å². The number of hydrogen-bond acceptors (Lipinski definition) is 5. The summed E-state index contributed by atoms with van der Waals surface area (Å²) in [7, 11) is 0. The molecule has 0 aliphatic carbocycles. The highest BCUT2D eigenvalue weighted by molar-refractivity contribution is 7.17. The van der Waals surface area contributed by atoms with E-state index in [-0.39, 0.29) is 5.91 Å². The predicted octanol–water partition coefficient (Wildman–Crippen LogP) is 3.78. The lowest BCUT2D eigenvalue weighted by atomic mass is 10.1.